The van der Waals surface area contributed by atoms with Crippen molar-refractivity contribution in [3.8, 4) is 0 Å². The van der Waals surface area contributed by atoms with Gasteiger partial charge in [0.15, 0.2) is 0 Å². The van der Waals surface area contributed by atoms with Crippen molar-refractivity contribution in [2.24, 2.45) is 0 Å². The maximum Gasteiger partial charge on any atom is 0.267 e. The molecule has 0 radical (unpaired) electrons. The first kappa shape index (κ1) is 15.0. The minimum absolute atomic E-state index is 1.28. The molecule has 2 nitrogen and oxygen atoms in total. The van der Waals surface area contributed by atoms with Crippen molar-refractivity contribution in [3.05, 3.63) is 84.4 Å². The van der Waals surface area contributed by atoms with E-state index in [1.807, 2.05) is 0 Å². The van der Waals surface area contributed by atoms with Gasteiger partial charge in [0.2, 0.25) is 0 Å². The van der Waals surface area contributed by atoms with Gasteiger partial charge in [-0.3, -0.25) is 0 Å². The fourth-order valence-corrected chi connectivity index (χ4v) is 7.06. The van der Waals surface area contributed by atoms with Gasteiger partial charge in [-0.2, -0.15) is 0 Å². The third-order valence-electron chi connectivity index (χ3n) is 4.74. The van der Waals surface area contributed by atoms with Crippen LogP contribution in [0.4, 0.5) is 22.7 Å². The van der Waals surface area contributed by atoms with Gasteiger partial charge in [-0.25, -0.2) is 0 Å². The zero-order valence-corrected chi connectivity index (χ0v) is 15.4. The molecule has 0 aromatic heterocycles. The number of anilines is 4. The number of fused-ring (bicyclic) bond motifs is 1. The lowest BCUT2D eigenvalue weighted by Crippen LogP contribution is -2.54. The van der Waals surface area contributed by atoms with Crippen molar-refractivity contribution in [2.75, 3.05) is 9.13 Å². The highest BCUT2D eigenvalue weighted by Crippen LogP contribution is 2.50. The van der Waals surface area contributed by atoms with Crippen LogP contribution < -0.4 is 9.13 Å². The van der Waals surface area contributed by atoms with Gasteiger partial charge in [-0.1, -0.05) is 42.5 Å². The number of hydrogen-bond acceptors (Lipinski definition) is 2. The van der Waals surface area contributed by atoms with Crippen LogP contribution in [0.25, 0.3) is 0 Å². The number of aryl methyl sites for hydroxylation is 1. The topological polar surface area (TPSA) is 6.48 Å². The van der Waals surface area contributed by atoms with Gasteiger partial charge in [0, 0.05) is 11.4 Å². The van der Waals surface area contributed by atoms with Crippen LogP contribution in [0.1, 0.15) is 5.56 Å². The summed E-state index contributed by atoms with van der Waals surface area (Å²) in [5.74, 6) is 0. The van der Waals surface area contributed by atoms with E-state index in [-0.39, 0.29) is 0 Å². The summed E-state index contributed by atoms with van der Waals surface area (Å²) in [6, 6.07) is 28.3. The molecule has 0 fully saturated rings. The molecule has 3 aromatic rings. The monoisotopic (exact) mass is 330 g/mol. The second-order valence-corrected chi connectivity index (χ2v) is 10.7. The number of hydrogen-bond donors (Lipinski definition) is 0. The SMILES string of the molecule is Cc1ccc2c(c1)N(c1ccccc1)[Si](C)(C)N2c1ccccc1. The van der Waals surface area contributed by atoms with E-state index in [1.54, 1.807) is 0 Å². The summed E-state index contributed by atoms with van der Waals surface area (Å²) < 4.78 is 5.14. The van der Waals surface area contributed by atoms with Gasteiger partial charge in [-0.15, -0.1) is 0 Å². The zero-order chi connectivity index (χ0) is 16.7. The van der Waals surface area contributed by atoms with Gasteiger partial charge in [0.05, 0.1) is 11.4 Å². The summed E-state index contributed by atoms with van der Waals surface area (Å²) in [5.41, 5.74) is 6.49. The van der Waals surface area contributed by atoms with Crippen molar-refractivity contribution in [1.29, 1.82) is 0 Å². The van der Waals surface area contributed by atoms with E-state index >= 15 is 0 Å². The van der Waals surface area contributed by atoms with Gasteiger partial charge < -0.3 is 9.13 Å². The molecule has 4 rings (SSSR count). The fourth-order valence-electron chi connectivity index (χ4n) is 3.76. The van der Waals surface area contributed by atoms with Crippen LogP contribution in [-0.4, -0.2) is 8.40 Å². The predicted octanol–water partition coefficient (Wildman–Crippen LogP) is 5.99. The highest BCUT2D eigenvalue weighted by atomic mass is 28.3. The lowest BCUT2D eigenvalue weighted by Gasteiger charge is -2.38. The molecular weight excluding hydrogens is 308 g/mol. The maximum atomic E-state index is 2.57. The molecule has 0 saturated heterocycles. The molecule has 0 amide bonds. The van der Waals surface area contributed by atoms with E-state index in [2.05, 4.69) is 108 Å². The molecule has 0 unspecified atom stereocenters. The molecule has 3 heteroatoms. The average molecular weight is 331 g/mol. The molecule has 3 aromatic carbocycles. The summed E-state index contributed by atoms with van der Waals surface area (Å²) in [4.78, 5) is 0. The third-order valence-corrected chi connectivity index (χ3v) is 7.92. The summed E-state index contributed by atoms with van der Waals surface area (Å²) in [5, 5.41) is 0. The zero-order valence-electron chi connectivity index (χ0n) is 14.4. The highest BCUT2D eigenvalue weighted by Gasteiger charge is 2.46. The Morgan fingerprint density at radius 3 is 1.67 bits per heavy atom. The first-order chi connectivity index (χ1) is 11.6. The number of rotatable bonds is 2. The van der Waals surface area contributed by atoms with E-state index in [4.69, 9.17) is 0 Å². The second-order valence-electron chi connectivity index (χ2n) is 6.83. The molecule has 120 valence electrons. The molecule has 1 aliphatic rings. The third kappa shape index (κ3) is 2.24. The van der Waals surface area contributed by atoms with Crippen molar-refractivity contribution < 1.29 is 0 Å². The van der Waals surface area contributed by atoms with Crippen molar-refractivity contribution >= 4 is 31.1 Å². The van der Waals surface area contributed by atoms with E-state index in [1.165, 1.54) is 28.3 Å². The first-order valence-electron chi connectivity index (χ1n) is 8.40. The van der Waals surface area contributed by atoms with Crippen molar-refractivity contribution in [2.45, 2.75) is 20.0 Å². The van der Waals surface area contributed by atoms with E-state index in [9.17, 15) is 0 Å². The minimum atomic E-state index is -1.94. The van der Waals surface area contributed by atoms with Gasteiger partial charge >= 0.3 is 0 Å². The van der Waals surface area contributed by atoms with E-state index in [0.29, 0.717) is 0 Å². The van der Waals surface area contributed by atoms with Crippen LogP contribution in [0.5, 0.6) is 0 Å². The lowest BCUT2D eigenvalue weighted by molar-refractivity contribution is 1.31. The number of para-hydroxylation sites is 2. The van der Waals surface area contributed by atoms with Gasteiger partial charge in [0.25, 0.3) is 8.40 Å². The van der Waals surface area contributed by atoms with E-state index < -0.39 is 8.40 Å². The standard InChI is InChI=1S/C21H22N2Si/c1-17-14-15-20-21(16-17)23(19-12-8-5-9-13-19)24(2,3)22(20)18-10-6-4-7-11-18/h4-16H,1-3H3. The minimum Gasteiger partial charge on any atom is -0.349 e. The van der Waals surface area contributed by atoms with Gasteiger partial charge in [-0.05, 0) is 62.0 Å². The van der Waals surface area contributed by atoms with Crippen molar-refractivity contribution in [3.63, 3.8) is 0 Å². The largest absolute Gasteiger partial charge is 0.349 e. The quantitative estimate of drug-likeness (QED) is 0.533. The van der Waals surface area contributed by atoms with Crippen molar-refractivity contribution in [1.82, 2.24) is 0 Å². The predicted molar refractivity (Wildman–Crippen MR) is 106 cm³/mol. The first-order valence-corrected chi connectivity index (χ1v) is 11.3. The van der Waals surface area contributed by atoms with Crippen LogP contribution in [-0.2, 0) is 0 Å². The highest BCUT2D eigenvalue weighted by molar-refractivity contribution is 6.88. The van der Waals surface area contributed by atoms with Crippen LogP contribution in [0.15, 0.2) is 78.9 Å². The Morgan fingerprint density at radius 1 is 0.625 bits per heavy atom. The molecule has 1 aliphatic heterocycles. The second kappa shape index (κ2) is 5.53. The molecule has 0 spiro atoms. The maximum absolute atomic E-state index is 2.57. The Morgan fingerprint density at radius 2 is 1.12 bits per heavy atom. The van der Waals surface area contributed by atoms with Crippen LogP contribution in [0, 0.1) is 6.92 Å². The summed E-state index contributed by atoms with van der Waals surface area (Å²) >= 11 is 0. The summed E-state index contributed by atoms with van der Waals surface area (Å²) in [6.07, 6.45) is 0. The van der Waals surface area contributed by atoms with Gasteiger partial charge in [0.1, 0.15) is 0 Å². The number of nitrogens with zero attached hydrogens (tertiary/aromatic N) is 2. The molecular formula is C21H22N2Si. The molecule has 24 heavy (non-hydrogen) atoms. The fraction of sp³-hybridized carbons (Fsp3) is 0.143. The Bertz CT molecular complexity index is 860. The normalized spacial score (nSPS) is 15.5. The van der Waals surface area contributed by atoms with Crippen LogP contribution >= 0.6 is 0 Å². The molecule has 0 bridgehead atoms. The molecule has 1 heterocycles. The average Bonchev–Trinajstić information content (AvgIpc) is 2.82. The number of benzene rings is 3. The molecule has 0 aliphatic carbocycles. The summed E-state index contributed by atoms with van der Waals surface area (Å²) in [7, 11) is -1.94. The Hall–Kier alpha value is -2.52. The van der Waals surface area contributed by atoms with E-state index in [0.717, 1.165) is 0 Å². The smallest absolute Gasteiger partial charge is 0.267 e. The van der Waals surface area contributed by atoms with Crippen LogP contribution in [0.3, 0.4) is 0 Å². The van der Waals surface area contributed by atoms with Crippen LogP contribution in [0.2, 0.25) is 13.1 Å². The Kier molecular flexibility index (Phi) is 3.46. The molecule has 0 saturated carbocycles. The Balaban J connectivity index is 1.96. The summed E-state index contributed by atoms with van der Waals surface area (Å²) in [6.45, 7) is 7.01. The molecule has 0 atom stereocenters. The molecule has 0 N–H and O–H groups in total. The lowest BCUT2D eigenvalue weighted by atomic mass is 10.1. The Labute approximate surface area is 145 Å².